The lowest BCUT2D eigenvalue weighted by Crippen LogP contribution is -2.48. The highest BCUT2D eigenvalue weighted by Crippen LogP contribution is 2.32. The minimum absolute atomic E-state index is 0.00733. The number of phenolic OH excluding ortho intramolecular Hbond substituents is 1. The molecule has 44 heavy (non-hydrogen) atoms. The summed E-state index contributed by atoms with van der Waals surface area (Å²) in [5.74, 6) is -0.729. The third kappa shape index (κ3) is 8.21. The smallest absolute Gasteiger partial charge is 0.416 e. The van der Waals surface area contributed by atoms with Gasteiger partial charge in [0.1, 0.15) is 17.6 Å². The van der Waals surface area contributed by atoms with Crippen LogP contribution in [0.1, 0.15) is 55.1 Å². The number of nitro groups is 1. The van der Waals surface area contributed by atoms with Crippen molar-refractivity contribution in [1.82, 2.24) is 15.1 Å². The van der Waals surface area contributed by atoms with Gasteiger partial charge in [0, 0.05) is 35.9 Å². The maximum Gasteiger partial charge on any atom is 0.416 e. The van der Waals surface area contributed by atoms with E-state index in [0.717, 1.165) is 23.8 Å². The van der Waals surface area contributed by atoms with Crippen molar-refractivity contribution in [2.45, 2.75) is 45.8 Å². The Morgan fingerprint density at radius 1 is 1.02 bits per heavy atom. The minimum atomic E-state index is -4.59. The van der Waals surface area contributed by atoms with E-state index in [1.54, 1.807) is 43.5 Å². The number of likely N-dealkylation sites (N-methyl/N-ethyl adjacent to an activating group) is 1. The van der Waals surface area contributed by atoms with Crippen LogP contribution in [0.5, 0.6) is 5.75 Å². The number of nitrogens with one attached hydrogen (secondary N) is 1. The molecule has 0 radical (unpaired) electrons. The van der Waals surface area contributed by atoms with Crippen LogP contribution in [-0.4, -0.2) is 44.2 Å². The van der Waals surface area contributed by atoms with Crippen LogP contribution in [0.2, 0.25) is 0 Å². The number of carbonyl (C=O) groups excluding carboxylic acids is 2. The molecule has 0 aliphatic heterocycles. The fourth-order valence-corrected chi connectivity index (χ4v) is 4.22. The number of amides is 2. The number of phenols is 1. The molecule has 0 aliphatic carbocycles. The van der Waals surface area contributed by atoms with Crippen LogP contribution in [0.3, 0.4) is 0 Å². The Kier molecular flexibility index (Phi) is 10.8. The Hall–Kier alpha value is -5.20. The Bertz CT molecular complexity index is 1610. The summed E-state index contributed by atoms with van der Waals surface area (Å²) in [7, 11) is 0. The molecule has 0 aliphatic rings. The van der Waals surface area contributed by atoms with Crippen LogP contribution in [0.25, 0.3) is 5.69 Å². The highest BCUT2D eigenvalue weighted by atomic mass is 19.4. The average molecular weight is 612 g/mol. The number of aromatic hydroxyl groups is 1. The fraction of sp³-hybridized carbons (Fsp3) is 0.258. The molecule has 1 atom stereocenters. The first-order chi connectivity index (χ1) is 20.7. The van der Waals surface area contributed by atoms with Crippen molar-refractivity contribution in [2.24, 2.45) is 0 Å². The summed E-state index contributed by atoms with van der Waals surface area (Å²) in [6, 6.07) is 17.3. The van der Waals surface area contributed by atoms with Gasteiger partial charge in [-0.2, -0.15) is 18.3 Å². The normalized spacial score (nSPS) is 11.7. The molecule has 0 spiro atoms. The van der Waals surface area contributed by atoms with Crippen molar-refractivity contribution in [1.29, 1.82) is 0 Å². The molecule has 13 heteroatoms. The number of aromatic nitrogens is 2. The van der Waals surface area contributed by atoms with Crippen molar-refractivity contribution in [3.05, 3.63) is 112 Å². The van der Waals surface area contributed by atoms with Gasteiger partial charge in [-0.3, -0.25) is 24.6 Å². The van der Waals surface area contributed by atoms with Gasteiger partial charge in [0.15, 0.2) is 0 Å². The summed E-state index contributed by atoms with van der Waals surface area (Å²) in [5.41, 5.74) is 0.308. The zero-order valence-corrected chi connectivity index (χ0v) is 24.4. The number of non-ortho nitro benzene ring substituents is 1. The fourth-order valence-electron chi connectivity index (χ4n) is 4.22. The van der Waals surface area contributed by atoms with E-state index in [-0.39, 0.29) is 29.5 Å². The van der Waals surface area contributed by atoms with Crippen LogP contribution in [0.4, 0.5) is 24.7 Å². The second kappa shape index (κ2) is 14.3. The van der Waals surface area contributed by atoms with E-state index in [1.165, 1.54) is 46.8 Å². The molecule has 0 bridgehead atoms. The Morgan fingerprint density at radius 2 is 1.68 bits per heavy atom. The molecule has 0 saturated carbocycles. The number of para-hydroxylation sites is 1. The summed E-state index contributed by atoms with van der Waals surface area (Å²) >= 11 is 0. The van der Waals surface area contributed by atoms with Gasteiger partial charge in [-0.05, 0) is 50.1 Å². The number of halogens is 3. The van der Waals surface area contributed by atoms with E-state index in [1.807, 2.05) is 13.8 Å². The zero-order chi connectivity index (χ0) is 32.6. The van der Waals surface area contributed by atoms with Crippen LogP contribution in [-0.2, 0) is 11.0 Å². The lowest BCUT2D eigenvalue weighted by molar-refractivity contribution is -0.384. The topological polar surface area (TPSA) is 131 Å². The molecule has 4 aromatic rings. The van der Waals surface area contributed by atoms with Crippen LogP contribution >= 0.6 is 0 Å². The zero-order valence-electron chi connectivity index (χ0n) is 24.4. The van der Waals surface area contributed by atoms with Gasteiger partial charge in [0.25, 0.3) is 11.6 Å². The van der Waals surface area contributed by atoms with Crippen LogP contribution in [0, 0.1) is 10.1 Å². The van der Waals surface area contributed by atoms with Crippen molar-refractivity contribution < 1.29 is 32.8 Å². The molecule has 1 aromatic heterocycles. The second-order valence-electron chi connectivity index (χ2n) is 9.96. The van der Waals surface area contributed by atoms with Gasteiger partial charge in [0.05, 0.1) is 22.4 Å². The van der Waals surface area contributed by atoms with E-state index < -0.39 is 34.5 Å². The van der Waals surface area contributed by atoms with Crippen molar-refractivity contribution in [3.63, 3.8) is 0 Å². The molecular weight excluding hydrogens is 579 g/mol. The summed E-state index contributed by atoms with van der Waals surface area (Å²) < 4.78 is 40.6. The summed E-state index contributed by atoms with van der Waals surface area (Å²) in [4.78, 5) is 37.1. The van der Waals surface area contributed by atoms with Crippen molar-refractivity contribution in [2.75, 3.05) is 11.4 Å². The number of carbonyl (C=O) groups is 2. The Morgan fingerprint density at radius 3 is 2.23 bits per heavy atom. The minimum Gasteiger partial charge on any atom is -0.508 e. The lowest BCUT2D eigenvalue weighted by atomic mass is 10.1. The Labute approximate surface area is 251 Å². The van der Waals surface area contributed by atoms with Crippen molar-refractivity contribution in [3.8, 4) is 11.4 Å². The van der Waals surface area contributed by atoms with E-state index in [4.69, 9.17) is 0 Å². The van der Waals surface area contributed by atoms with E-state index >= 15 is 0 Å². The van der Waals surface area contributed by atoms with E-state index in [0.29, 0.717) is 11.5 Å². The molecule has 3 aromatic carbocycles. The molecular formula is C31H32F3N5O5. The molecule has 2 N–H and O–H groups in total. The second-order valence-corrected chi connectivity index (χ2v) is 9.96. The number of benzene rings is 3. The molecule has 1 unspecified atom stereocenters. The monoisotopic (exact) mass is 611 g/mol. The summed E-state index contributed by atoms with van der Waals surface area (Å²) in [6.07, 6.45) is -2.94. The Balaban J connectivity index is 0.000000502. The number of nitro benzene ring substituents is 1. The summed E-state index contributed by atoms with van der Waals surface area (Å²) in [5, 5.41) is 26.8. The molecule has 0 saturated heterocycles. The van der Waals surface area contributed by atoms with Gasteiger partial charge in [-0.25, -0.2) is 4.68 Å². The third-order valence-electron chi connectivity index (χ3n) is 6.44. The van der Waals surface area contributed by atoms with Crippen LogP contribution in [0.15, 0.2) is 85.1 Å². The standard InChI is InChI=1S/C25H27F3N4O3.C6H5NO2/c1-5-31(23-21(15(2)3)14-29-32(23)19-10-7-11-20(33)13-19)24(35)16(4)30-22(34)17-8-6-9-18(12-17)25(26,27)28;8-7(9)6-4-2-1-3-5-6/h6-16,33H,5H2,1-4H3,(H,30,34);1-5H. The predicted octanol–water partition coefficient (Wildman–Crippen LogP) is 6.49. The number of hydrogen-bond acceptors (Lipinski definition) is 6. The number of nitrogens with zero attached hydrogens (tertiary/aromatic N) is 4. The van der Waals surface area contributed by atoms with Gasteiger partial charge in [0.2, 0.25) is 5.91 Å². The van der Waals surface area contributed by atoms with E-state index in [9.17, 15) is 38.0 Å². The molecule has 2 amide bonds. The maximum absolute atomic E-state index is 13.4. The van der Waals surface area contributed by atoms with Gasteiger partial charge < -0.3 is 10.4 Å². The molecule has 0 fully saturated rings. The SMILES string of the molecule is CCN(C(=O)C(C)NC(=O)c1cccc(C(F)(F)F)c1)c1c(C(C)C)cnn1-c1cccc(O)c1.O=[N+]([O-])c1ccccc1. The van der Waals surface area contributed by atoms with Gasteiger partial charge in [-0.1, -0.05) is 44.2 Å². The maximum atomic E-state index is 13.4. The van der Waals surface area contributed by atoms with Gasteiger partial charge >= 0.3 is 6.18 Å². The number of hydrogen-bond donors (Lipinski definition) is 2. The number of rotatable bonds is 8. The predicted molar refractivity (Wildman–Crippen MR) is 159 cm³/mol. The molecule has 232 valence electrons. The molecule has 1 heterocycles. The molecule has 4 rings (SSSR count). The highest BCUT2D eigenvalue weighted by Gasteiger charge is 2.32. The molecule has 10 nitrogen and oxygen atoms in total. The number of alkyl halides is 3. The largest absolute Gasteiger partial charge is 0.508 e. The highest BCUT2D eigenvalue weighted by molar-refractivity contribution is 6.02. The third-order valence-corrected chi connectivity index (χ3v) is 6.44. The average Bonchev–Trinajstić information content (AvgIpc) is 3.43. The van der Waals surface area contributed by atoms with E-state index in [2.05, 4.69) is 10.4 Å². The first kappa shape index (κ1) is 33.3. The van der Waals surface area contributed by atoms with Gasteiger partial charge in [-0.15, -0.1) is 0 Å². The quantitative estimate of drug-likeness (QED) is 0.173. The first-order valence-electron chi connectivity index (χ1n) is 13.6. The van der Waals surface area contributed by atoms with Crippen molar-refractivity contribution >= 4 is 23.3 Å². The first-order valence-corrected chi connectivity index (χ1v) is 13.6. The number of anilines is 1. The lowest BCUT2D eigenvalue weighted by Gasteiger charge is -2.27. The summed E-state index contributed by atoms with van der Waals surface area (Å²) in [6.45, 7) is 7.38. The van der Waals surface area contributed by atoms with Crippen LogP contribution < -0.4 is 10.2 Å².